The molecule has 0 spiro atoms. The Hall–Kier alpha value is -2.78. The molecule has 10 heteroatoms. The number of fused-ring (bicyclic) bond motifs is 1. The minimum absolute atomic E-state index is 0.0671. The van der Waals surface area contributed by atoms with E-state index in [0.29, 0.717) is 5.92 Å². The number of aryl methyl sites for hydroxylation is 3. The molecule has 8 nitrogen and oxygen atoms in total. The van der Waals surface area contributed by atoms with Gasteiger partial charge < -0.3 is 20.5 Å². The summed E-state index contributed by atoms with van der Waals surface area (Å²) in [6, 6.07) is 3.07. The third-order valence-corrected chi connectivity index (χ3v) is 7.15. The third kappa shape index (κ3) is 6.27. The number of carboxylic acid groups (broad SMARTS) is 1. The number of ether oxygens (including phenoxy) is 1. The fourth-order valence-electron chi connectivity index (χ4n) is 4.52. The van der Waals surface area contributed by atoms with Crippen LogP contribution in [-0.2, 0) is 22.4 Å². The molecule has 4 rings (SSSR count). The number of carbonyl (C=O) groups is 2. The van der Waals surface area contributed by atoms with Crippen molar-refractivity contribution in [3.05, 3.63) is 51.7 Å². The Morgan fingerprint density at radius 3 is 2.94 bits per heavy atom. The van der Waals surface area contributed by atoms with Gasteiger partial charge in [-0.05, 0) is 63.0 Å². The second-order valence-corrected chi connectivity index (χ2v) is 9.62. The van der Waals surface area contributed by atoms with Gasteiger partial charge >= 0.3 is 5.97 Å². The summed E-state index contributed by atoms with van der Waals surface area (Å²) < 4.78 is 19.9. The van der Waals surface area contributed by atoms with Crippen molar-refractivity contribution in [3.8, 4) is 0 Å². The zero-order valence-corrected chi connectivity index (χ0v) is 20.4. The van der Waals surface area contributed by atoms with Gasteiger partial charge in [-0.2, -0.15) is 0 Å². The molecule has 2 aliphatic rings. The van der Waals surface area contributed by atoms with Crippen molar-refractivity contribution < 1.29 is 23.8 Å². The number of pyridine rings is 2. The molecule has 1 fully saturated rings. The molecule has 1 saturated carbocycles. The molecule has 1 aliphatic heterocycles. The monoisotopic (exact) mass is 504 g/mol. The van der Waals surface area contributed by atoms with E-state index in [1.165, 1.54) is 12.5 Å². The van der Waals surface area contributed by atoms with Crippen molar-refractivity contribution >= 4 is 29.3 Å². The van der Waals surface area contributed by atoms with Crippen LogP contribution in [0.5, 0.6) is 0 Å². The second-order valence-electron chi connectivity index (χ2n) is 9.24. The summed E-state index contributed by atoms with van der Waals surface area (Å²) in [5.41, 5.74) is 2.27. The number of anilines is 1. The van der Waals surface area contributed by atoms with E-state index in [1.807, 2.05) is 0 Å². The molecule has 188 valence electrons. The van der Waals surface area contributed by atoms with E-state index in [-0.39, 0.29) is 29.8 Å². The number of nitrogens with zero attached hydrogens (tertiary/aromatic N) is 2. The maximum Gasteiger partial charge on any atom is 0.326 e. The van der Waals surface area contributed by atoms with Crippen molar-refractivity contribution in [2.45, 2.75) is 64.0 Å². The largest absolute Gasteiger partial charge is 0.480 e. The van der Waals surface area contributed by atoms with E-state index < -0.39 is 29.3 Å². The van der Waals surface area contributed by atoms with Gasteiger partial charge in [-0.15, -0.1) is 0 Å². The van der Waals surface area contributed by atoms with E-state index in [9.17, 15) is 19.1 Å². The fourth-order valence-corrected chi connectivity index (χ4v) is 4.74. The van der Waals surface area contributed by atoms with Crippen LogP contribution in [0.15, 0.2) is 18.3 Å². The van der Waals surface area contributed by atoms with Gasteiger partial charge in [0, 0.05) is 25.3 Å². The van der Waals surface area contributed by atoms with Crippen molar-refractivity contribution in [2.75, 3.05) is 18.5 Å². The molecule has 2 aromatic rings. The standard InChI is InChI=1S/C25H30ClFN4O4/c1-14-22(26)21(19(27)13-29-14)24(32)31-20(25(33)34)8-10-35-18-11-15(12-18)4-6-17-7-5-16-3-2-9-28-23(16)30-17/h5,7,13,15,18,20H,2-4,6,8-12H2,1H3,(H,28,30)(H,31,32)(H,33,34). The number of carbonyl (C=O) groups excluding carboxylic acids is 1. The number of carboxylic acids is 1. The first-order valence-corrected chi connectivity index (χ1v) is 12.4. The number of nitrogens with one attached hydrogen (secondary N) is 2. The van der Waals surface area contributed by atoms with Gasteiger partial charge in [-0.25, -0.2) is 14.2 Å². The number of hydrogen-bond acceptors (Lipinski definition) is 6. The molecular weight excluding hydrogens is 475 g/mol. The van der Waals surface area contributed by atoms with E-state index in [1.54, 1.807) is 0 Å². The number of aliphatic carboxylic acids is 1. The van der Waals surface area contributed by atoms with Crippen LogP contribution >= 0.6 is 11.6 Å². The zero-order valence-electron chi connectivity index (χ0n) is 19.7. The lowest BCUT2D eigenvalue weighted by molar-refractivity contribution is -0.140. The normalized spacial score (nSPS) is 19.7. The SMILES string of the molecule is Cc1ncc(F)c(C(=O)NC(CCOC2CC(CCc3ccc4c(n3)NCCC4)C2)C(=O)O)c1Cl. The maximum atomic E-state index is 14.0. The third-order valence-electron chi connectivity index (χ3n) is 6.69. The highest BCUT2D eigenvalue weighted by Gasteiger charge is 2.31. The molecule has 35 heavy (non-hydrogen) atoms. The molecule has 1 aliphatic carbocycles. The molecule has 0 aromatic carbocycles. The summed E-state index contributed by atoms with van der Waals surface area (Å²) in [4.78, 5) is 32.5. The van der Waals surface area contributed by atoms with Crippen LogP contribution in [0.3, 0.4) is 0 Å². The Bertz CT molecular complexity index is 1090. The molecule has 1 atom stereocenters. The highest BCUT2D eigenvalue weighted by Crippen LogP contribution is 2.34. The maximum absolute atomic E-state index is 14.0. The summed E-state index contributed by atoms with van der Waals surface area (Å²) in [6.45, 7) is 2.69. The van der Waals surface area contributed by atoms with Crippen LogP contribution in [-0.4, -0.2) is 52.2 Å². The number of amides is 1. The van der Waals surface area contributed by atoms with E-state index in [2.05, 4.69) is 27.8 Å². The Kier molecular flexibility index (Phi) is 8.18. The summed E-state index contributed by atoms with van der Waals surface area (Å²) in [5.74, 6) is -1.43. The predicted molar refractivity (Wildman–Crippen MR) is 129 cm³/mol. The van der Waals surface area contributed by atoms with Gasteiger partial charge in [0.2, 0.25) is 0 Å². The fraction of sp³-hybridized carbons (Fsp3) is 0.520. The first-order chi connectivity index (χ1) is 16.8. The van der Waals surface area contributed by atoms with Crippen molar-refractivity contribution in [2.24, 2.45) is 5.92 Å². The van der Waals surface area contributed by atoms with Gasteiger partial charge in [0.25, 0.3) is 5.91 Å². The number of rotatable bonds is 10. The summed E-state index contributed by atoms with van der Waals surface area (Å²) >= 11 is 6.00. The van der Waals surface area contributed by atoms with Crippen molar-refractivity contribution in [1.29, 1.82) is 0 Å². The lowest BCUT2D eigenvalue weighted by Gasteiger charge is -2.35. The highest BCUT2D eigenvalue weighted by atomic mass is 35.5. The van der Waals surface area contributed by atoms with Crippen LogP contribution < -0.4 is 10.6 Å². The average Bonchev–Trinajstić information content (AvgIpc) is 2.81. The molecule has 0 bridgehead atoms. The van der Waals surface area contributed by atoms with Gasteiger partial charge in [0.05, 0.1) is 28.6 Å². The lowest BCUT2D eigenvalue weighted by atomic mass is 9.79. The summed E-state index contributed by atoms with van der Waals surface area (Å²) in [7, 11) is 0. The number of halogens is 2. The molecule has 3 N–H and O–H groups in total. The zero-order chi connectivity index (χ0) is 24.9. The van der Waals surface area contributed by atoms with Gasteiger partial charge in [-0.1, -0.05) is 17.7 Å². The van der Waals surface area contributed by atoms with Crippen molar-refractivity contribution in [1.82, 2.24) is 15.3 Å². The number of aromatic nitrogens is 2. The van der Waals surface area contributed by atoms with Crippen LogP contribution in [0.2, 0.25) is 5.02 Å². The minimum Gasteiger partial charge on any atom is -0.480 e. The molecular formula is C25H30ClFN4O4. The molecule has 0 saturated heterocycles. The number of hydrogen-bond donors (Lipinski definition) is 3. The molecule has 1 unspecified atom stereocenters. The van der Waals surface area contributed by atoms with Gasteiger partial charge in [-0.3, -0.25) is 9.78 Å². The Balaban J connectivity index is 1.18. The van der Waals surface area contributed by atoms with E-state index >= 15 is 0 Å². The minimum atomic E-state index is -1.22. The van der Waals surface area contributed by atoms with Crippen LogP contribution in [0.25, 0.3) is 0 Å². The Morgan fingerprint density at radius 2 is 2.17 bits per heavy atom. The van der Waals surface area contributed by atoms with E-state index in [0.717, 1.165) is 62.8 Å². The summed E-state index contributed by atoms with van der Waals surface area (Å²) in [6.07, 6.45) is 7.07. The topological polar surface area (TPSA) is 113 Å². The average molecular weight is 505 g/mol. The van der Waals surface area contributed by atoms with E-state index in [4.69, 9.17) is 21.3 Å². The van der Waals surface area contributed by atoms with Gasteiger partial charge in [0.1, 0.15) is 11.9 Å². The van der Waals surface area contributed by atoms with Gasteiger partial charge in [0.15, 0.2) is 5.82 Å². The predicted octanol–water partition coefficient (Wildman–Crippen LogP) is 3.94. The smallest absolute Gasteiger partial charge is 0.326 e. The summed E-state index contributed by atoms with van der Waals surface area (Å²) in [5, 5.41) is 15.0. The quantitative estimate of drug-likeness (QED) is 0.449. The highest BCUT2D eigenvalue weighted by molar-refractivity contribution is 6.34. The molecule has 1 amide bonds. The molecule has 3 heterocycles. The Labute approximate surface area is 208 Å². The molecule has 2 aromatic heterocycles. The lowest BCUT2D eigenvalue weighted by Crippen LogP contribution is -2.42. The van der Waals surface area contributed by atoms with Crippen LogP contribution in [0.1, 0.15) is 59.4 Å². The Morgan fingerprint density at radius 1 is 1.37 bits per heavy atom. The molecule has 0 radical (unpaired) electrons. The first kappa shape index (κ1) is 25.3. The van der Waals surface area contributed by atoms with Crippen LogP contribution in [0, 0.1) is 18.7 Å². The van der Waals surface area contributed by atoms with Crippen LogP contribution in [0.4, 0.5) is 10.2 Å². The first-order valence-electron chi connectivity index (χ1n) is 12.0. The van der Waals surface area contributed by atoms with Crippen molar-refractivity contribution in [3.63, 3.8) is 0 Å². The second kappa shape index (κ2) is 11.3.